The van der Waals surface area contributed by atoms with Crippen molar-refractivity contribution in [2.24, 2.45) is 0 Å². The molecule has 28 heavy (non-hydrogen) atoms. The molecule has 144 valence electrons. The Morgan fingerprint density at radius 2 is 1.68 bits per heavy atom. The summed E-state index contributed by atoms with van der Waals surface area (Å²) in [5, 5.41) is 4.59. The van der Waals surface area contributed by atoms with Gasteiger partial charge in [0.1, 0.15) is 5.82 Å². The molecular weight excluding hydrogens is 373 g/mol. The van der Waals surface area contributed by atoms with E-state index >= 15 is 0 Å². The minimum absolute atomic E-state index is 0. The number of aromatic nitrogens is 2. The predicted molar refractivity (Wildman–Crippen MR) is 116 cm³/mol. The first-order valence-electron chi connectivity index (χ1n) is 9.10. The third-order valence-corrected chi connectivity index (χ3v) is 5.11. The number of anilines is 1. The van der Waals surface area contributed by atoms with Gasteiger partial charge in [-0.1, -0.05) is 30.3 Å². The number of benzene rings is 2. The maximum Gasteiger partial charge on any atom is 0.123 e. The van der Waals surface area contributed by atoms with E-state index in [2.05, 4.69) is 59.0 Å². The fraction of sp³-hybridized carbons (Fsp3) is 0.174. The maximum absolute atomic E-state index is 13.1. The number of nitrogens with zero attached hydrogens (tertiary/aromatic N) is 2. The molecule has 0 fully saturated rings. The summed E-state index contributed by atoms with van der Waals surface area (Å²) in [6, 6.07) is 19.0. The van der Waals surface area contributed by atoms with E-state index in [-0.39, 0.29) is 18.2 Å². The number of hydrogen-bond acceptors (Lipinski definition) is 2. The van der Waals surface area contributed by atoms with Crippen LogP contribution in [0.3, 0.4) is 0 Å². The van der Waals surface area contributed by atoms with E-state index in [9.17, 15) is 4.39 Å². The van der Waals surface area contributed by atoms with Crippen LogP contribution in [0, 0.1) is 19.7 Å². The SMILES string of the molecule is Cc1c(C)n(Cc2ccccc2)c2c(CNc3ccc(F)cc3)nccc12.Cl. The van der Waals surface area contributed by atoms with Crippen LogP contribution in [0.25, 0.3) is 10.9 Å². The molecule has 5 heteroatoms. The zero-order valence-corrected chi connectivity index (χ0v) is 16.8. The van der Waals surface area contributed by atoms with Crippen LogP contribution in [0.4, 0.5) is 10.1 Å². The Bertz CT molecular complexity index is 1070. The Morgan fingerprint density at radius 3 is 2.39 bits per heavy atom. The number of rotatable bonds is 5. The van der Waals surface area contributed by atoms with Crippen molar-refractivity contribution in [2.45, 2.75) is 26.9 Å². The van der Waals surface area contributed by atoms with Crippen LogP contribution in [0.2, 0.25) is 0 Å². The number of pyridine rings is 1. The summed E-state index contributed by atoms with van der Waals surface area (Å²) >= 11 is 0. The molecule has 0 aliphatic carbocycles. The van der Waals surface area contributed by atoms with Crippen molar-refractivity contribution in [3.05, 3.63) is 95.2 Å². The predicted octanol–water partition coefficient (Wildman–Crippen LogP) is 5.87. The molecule has 0 saturated carbocycles. The summed E-state index contributed by atoms with van der Waals surface area (Å²) in [4.78, 5) is 4.64. The highest BCUT2D eigenvalue weighted by atomic mass is 35.5. The third kappa shape index (κ3) is 3.87. The van der Waals surface area contributed by atoms with Gasteiger partial charge < -0.3 is 9.88 Å². The van der Waals surface area contributed by atoms with E-state index in [1.165, 1.54) is 34.3 Å². The Hall–Kier alpha value is -2.85. The zero-order chi connectivity index (χ0) is 18.8. The highest BCUT2D eigenvalue weighted by Crippen LogP contribution is 2.28. The lowest BCUT2D eigenvalue weighted by atomic mass is 10.1. The van der Waals surface area contributed by atoms with Gasteiger partial charge in [-0.25, -0.2) is 4.39 Å². The monoisotopic (exact) mass is 395 g/mol. The molecule has 0 unspecified atom stereocenters. The van der Waals surface area contributed by atoms with Crippen molar-refractivity contribution >= 4 is 29.0 Å². The Kier molecular flexibility index (Phi) is 6.00. The van der Waals surface area contributed by atoms with E-state index in [0.717, 1.165) is 23.4 Å². The van der Waals surface area contributed by atoms with Gasteiger partial charge in [0.05, 0.1) is 17.8 Å². The number of aryl methyl sites for hydroxylation is 1. The lowest BCUT2D eigenvalue weighted by molar-refractivity contribution is 0.628. The zero-order valence-electron chi connectivity index (χ0n) is 15.9. The standard InChI is InChI=1S/C23H22FN3.ClH/c1-16-17(2)27(15-18-6-4-3-5-7-18)23-21(16)12-13-25-22(23)14-26-20-10-8-19(24)9-11-20;/h3-13,26H,14-15H2,1-2H3;1H. The topological polar surface area (TPSA) is 29.9 Å². The molecule has 0 atom stereocenters. The van der Waals surface area contributed by atoms with Crippen molar-refractivity contribution in [1.82, 2.24) is 9.55 Å². The lowest BCUT2D eigenvalue weighted by Gasteiger charge is -2.12. The van der Waals surface area contributed by atoms with E-state index in [1.807, 2.05) is 12.3 Å². The normalized spacial score (nSPS) is 10.7. The van der Waals surface area contributed by atoms with Crippen LogP contribution in [-0.4, -0.2) is 9.55 Å². The molecular formula is C23H23ClFN3. The average Bonchev–Trinajstić information content (AvgIpc) is 2.94. The fourth-order valence-electron chi connectivity index (χ4n) is 3.51. The lowest BCUT2D eigenvalue weighted by Crippen LogP contribution is -2.07. The van der Waals surface area contributed by atoms with Crippen LogP contribution < -0.4 is 5.32 Å². The summed E-state index contributed by atoms with van der Waals surface area (Å²) in [7, 11) is 0. The quantitative estimate of drug-likeness (QED) is 0.457. The average molecular weight is 396 g/mol. The van der Waals surface area contributed by atoms with E-state index in [0.29, 0.717) is 6.54 Å². The minimum Gasteiger partial charge on any atom is -0.379 e. The van der Waals surface area contributed by atoms with Gasteiger partial charge in [0, 0.05) is 29.5 Å². The fourth-order valence-corrected chi connectivity index (χ4v) is 3.51. The number of halogens is 2. The Morgan fingerprint density at radius 1 is 0.964 bits per heavy atom. The minimum atomic E-state index is -0.233. The second kappa shape index (κ2) is 8.44. The van der Waals surface area contributed by atoms with Gasteiger partial charge in [-0.3, -0.25) is 4.98 Å². The molecule has 2 aromatic carbocycles. The first-order chi connectivity index (χ1) is 13.1. The maximum atomic E-state index is 13.1. The molecule has 3 nitrogen and oxygen atoms in total. The van der Waals surface area contributed by atoms with Crippen LogP contribution >= 0.6 is 12.4 Å². The summed E-state index contributed by atoms with van der Waals surface area (Å²) in [5.74, 6) is -0.233. The van der Waals surface area contributed by atoms with Crippen molar-refractivity contribution in [3.63, 3.8) is 0 Å². The first kappa shape index (κ1) is 19.9. The largest absolute Gasteiger partial charge is 0.379 e. The Balaban J connectivity index is 0.00000225. The van der Waals surface area contributed by atoms with E-state index in [1.54, 1.807) is 12.1 Å². The van der Waals surface area contributed by atoms with Crippen molar-refractivity contribution in [1.29, 1.82) is 0 Å². The number of fused-ring (bicyclic) bond motifs is 1. The summed E-state index contributed by atoms with van der Waals surface area (Å²) in [6.07, 6.45) is 1.86. The number of hydrogen-bond donors (Lipinski definition) is 1. The van der Waals surface area contributed by atoms with Gasteiger partial charge >= 0.3 is 0 Å². The highest BCUT2D eigenvalue weighted by molar-refractivity contribution is 5.87. The van der Waals surface area contributed by atoms with E-state index < -0.39 is 0 Å². The van der Waals surface area contributed by atoms with Crippen LogP contribution in [0.15, 0.2) is 66.9 Å². The molecule has 0 amide bonds. The molecule has 2 heterocycles. The summed E-state index contributed by atoms with van der Waals surface area (Å²) in [6.45, 7) is 5.72. The molecule has 2 aromatic heterocycles. The van der Waals surface area contributed by atoms with Gasteiger partial charge in [-0.15, -0.1) is 12.4 Å². The smallest absolute Gasteiger partial charge is 0.123 e. The molecule has 1 N–H and O–H groups in total. The van der Waals surface area contributed by atoms with Crippen molar-refractivity contribution in [3.8, 4) is 0 Å². The van der Waals surface area contributed by atoms with Crippen LogP contribution in [0.1, 0.15) is 22.5 Å². The van der Waals surface area contributed by atoms with E-state index in [4.69, 9.17) is 0 Å². The van der Waals surface area contributed by atoms with Gasteiger partial charge in [0.25, 0.3) is 0 Å². The van der Waals surface area contributed by atoms with Crippen LogP contribution in [0.5, 0.6) is 0 Å². The number of nitrogens with one attached hydrogen (secondary N) is 1. The third-order valence-electron chi connectivity index (χ3n) is 5.11. The molecule has 0 spiro atoms. The molecule has 0 aliphatic rings. The highest BCUT2D eigenvalue weighted by Gasteiger charge is 2.15. The second-order valence-corrected chi connectivity index (χ2v) is 6.80. The molecule has 0 bridgehead atoms. The molecule has 0 saturated heterocycles. The second-order valence-electron chi connectivity index (χ2n) is 6.80. The van der Waals surface area contributed by atoms with Gasteiger partial charge in [0.2, 0.25) is 0 Å². The van der Waals surface area contributed by atoms with Crippen molar-refractivity contribution in [2.75, 3.05) is 5.32 Å². The molecule has 4 rings (SSSR count). The van der Waals surface area contributed by atoms with Crippen LogP contribution in [-0.2, 0) is 13.1 Å². The molecule has 0 aliphatic heterocycles. The summed E-state index contributed by atoms with van der Waals surface area (Å²) in [5.41, 5.74) is 6.83. The van der Waals surface area contributed by atoms with Gasteiger partial charge in [0.15, 0.2) is 0 Å². The molecule has 4 aromatic rings. The Labute approximate surface area is 170 Å². The first-order valence-corrected chi connectivity index (χ1v) is 9.10. The van der Waals surface area contributed by atoms with Crippen molar-refractivity contribution < 1.29 is 4.39 Å². The summed E-state index contributed by atoms with van der Waals surface area (Å²) < 4.78 is 15.5. The van der Waals surface area contributed by atoms with Gasteiger partial charge in [-0.05, 0) is 55.3 Å². The van der Waals surface area contributed by atoms with Gasteiger partial charge in [-0.2, -0.15) is 0 Å². The molecule has 0 radical (unpaired) electrons.